The maximum absolute atomic E-state index is 11.8. The number of amides is 3. The van der Waals surface area contributed by atoms with E-state index in [1.807, 2.05) is 0 Å². The van der Waals surface area contributed by atoms with Crippen molar-refractivity contribution in [1.82, 2.24) is 10.2 Å². The lowest BCUT2D eigenvalue weighted by molar-refractivity contribution is -0.145. The van der Waals surface area contributed by atoms with Gasteiger partial charge in [-0.15, -0.1) is 0 Å². The van der Waals surface area contributed by atoms with Crippen LogP contribution in [0.3, 0.4) is 0 Å². The molecular formula is C15H15BrN2O5. The average molecular weight is 383 g/mol. The summed E-state index contributed by atoms with van der Waals surface area (Å²) in [6, 6.07) is 4.61. The number of hydrogen-bond donors (Lipinski definition) is 1. The molecule has 1 fully saturated rings. The third kappa shape index (κ3) is 4.10. The van der Waals surface area contributed by atoms with E-state index in [2.05, 4.69) is 21.2 Å². The van der Waals surface area contributed by atoms with Crippen molar-refractivity contribution in [3.05, 3.63) is 33.9 Å². The van der Waals surface area contributed by atoms with Crippen molar-refractivity contribution in [2.24, 2.45) is 0 Å². The second-order valence-corrected chi connectivity index (χ2v) is 5.49. The van der Waals surface area contributed by atoms with Crippen LogP contribution in [0.2, 0.25) is 0 Å². The van der Waals surface area contributed by atoms with Gasteiger partial charge in [-0.3, -0.25) is 9.69 Å². The van der Waals surface area contributed by atoms with E-state index >= 15 is 0 Å². The predicted octanol–water partition coefficient (Wildman–Crippen LogP) is 1.91. The molecule has 3 amide bonds. The van der Waals surface area contributed by atoms with Crippen LogP contribution in [0.15, 0.2) is 28.4 Å². The summed E-state index contributed by atoms with van der Waals surface area (Å²) in [5.41, 5.74) is 0.893. The Morgan fingerprint density at radius 3 is 2.70 bits per heavy atom. The number of carbonyl (C=O) groups is 3. The molecule has 0 atom stereocenters. The summed E-state index contributed by atoms with van der Waals surface area (Å²) in [5, 5.41) is 2.48. The number of benzene rings is 1. The Bertz CT molecular complexity index is 686. The number of hydrogen-bond acceptors (Lipinski definition) is 5. The van der Waals surface area contributed by atoms with Crippen LogP contribution in [0.4, 0.5) is 4.79 Å². The zero-order valence-corrected chi connectivity index (χ0v) is 14.2. The van der Waals surface area contributed by atoms with E-state index in [1.54, 1.807) is 31.2 Å². The SMILES string of the molecule is CCOC(=O)COc1ccc(/C=C2/NC(=O)N(C)C2=O)cc1Br. The molecule has 2 rings (SSSR count). The van der Waals surface area contributed by atoms with E-state index in [4.69, 9.17) is 9.47 Å². The number of imide groups is 1. The van der Waals surface area contributed by atoms with Gasteiger partial charge in [0.15, 0.2) is 6.61 Å². The summed E-state index contributed by atoms with van der Waals surface area (Å²) in [7, 11) is 1.40. The molecule has 0 aliphatic carbocycles. The summed E-state index contributed by atoms with van der Waals surface area (Å²) in [4.78, 5) is 35.5. The Morgan fingerprint density at radius 1 is 1.39 bits per heavy atom. The highest BCUT2D eigenvalue weighted by Crippen LogP contribution is 2.27. The van der Waals surface area contributed by atoms with Gasteiger partial charge in [-0.25, -0.2) is 9.59 Å². The standard InChI is InChI=1S/C15H15BrN2O5/c1-3-22-13(19)8-23-12-5-4-9(6-10(12)16)7-11-14(20)18(2)15(21)17-11/h4-7H,3,8H2,1-2H3,(H,17,21)/b11-7+. The molecular weight excluding hydrogens is 368 g/mol. The quantitative estimate of drug-likeness (QED) is 0.477. The fourth-order valence-electron chi connectivity index (χ4n) is 1.85. The van der Waals surface area contributed by atoms with E-state index in [9.17, 15) is 14.4 Å². The Hall–Kier alpha value is -2.35. The molecule has 0 saturated carbocycles. The molecule has 1 saturated heterocycles. The molecule has 7 nitrogen and oxygen atoms in total. The zero-order valence-electron chi connectivity index (χ0n) is 12.6. The zero-order chi connectivity index (χ0) is 17.0. The Labute approximate surface area is 141 Å². The summed E-state index contributed by atoms with van der Waals surface area (Å²) in [6.45, 7) is 1.83. The molecule has 0 radical (unpaired) electrons. The number of ether oxygens (including phenoxy) is 2. The summed E-state index contributed by atoms with van der Waals surface area (Å²) in [6.07, 6.45) is 1.56. The van der Waals surface area contributed by atoms with Crippen molar-refractivity contribution < 1.29 is 23.9 Å². The van der Waals surface area contributed by atoms with Crippen molar-refractivity contribution >= 4 is 39.9 Å². The van der Waals surface area contributed by atoms with Crippen molar-refractivity contribution in [3.63, 3.8) is 0 Å². The molecule has 0 spiro atoms. The van der Waals surface area contributed by atoms with Crippen molar-refractivity contribution in [2.75, 3.05) is 20.3 Å². The number of likely N-dealkylation sites (N-methyl/N-ethyl adjacent to an activating group) is 1. The number of halogens is 1. The largest absolute Gasteiger partial charge is 0.481 e. The minimum Gasteiger partial charge on any atom is -0.481 e. The maximum Gasteiger partial charge on any atom is 0.344 e. The molecule has 1 N–H and O–H groups in total. The molecule has 122 valence electrons. The molecule has 0 bridgehead atoms. The Balaban J connectivity index is 2.09. The predicted molar refractivity (Wildman–Crippen MR) is 85.5 cm³/mol. The first kappa shape index (κ1) is 17.0. The third-order valence-corrected chi connectivity index (χ3v) is 3.62. The topological polar surface area (TPSA) is 84.9 Å². The minimum atomic E-state index is -0.463. The lowest BCUT2D eigenvalue weighted by Crippen LogP contribution is -2.25. The van der Waals surface area contributed by atoms with Crippen LogP contribution in [0.1, 0.15) is 12.5 Å². The van der Waals surface area contributed by atoms with Gasteiger partial charge >= 0.3 is 12.0 Å². The van der Waals surface area contributed by atoms with Crippen LogP contribution >= 0.6 is 15.9 Å². The number of urea groups is 1. The number of carbonyl (C=O) groups excluding carboxylic acids is 3. The van der Waals surface area contributed by atoms with Gasteiger partial charge in [0, 0.05) is 7.05 Å². The van der Waals surface area contributed by atoms with Gasteiger partial charge < -0.3 is 14.8 Å². The Morgan fingerprint density at radius 2 is 2.13 bits per heavy atom. The highest BCUT2D eigenvalue weighted by molar-refractivity contribution is 9.10. The summed E-state index contributed by atoms with van der Waals surface area (Å²) < 4.78 is 10.7. The van der Waals surface area contributed by atoms with Gasteiger partial charge in [0.25, 0.3) is 5.91 Å². The fraction of sp³-hybridized carbons (Fsp3) is 0.267. The maximum atomic E-state index is 11.8. The van der Waals surface area contributed by atoms with Gasteiger partial charge in [-0.05, 0) is 46.6 Å². The first-order valence-corrected chi connectivity index (χ1v) is 7.60. The van der Waals surface area contributed by atoms with Gasteiger partial charge in [0.1, 0.15) is 11.4 Å². The number of esters is 1. The first-order valence-electron chi connectivity index (χ1n) is 6.81. The highest BCUT2D eigenvalue weighted by atomic mass is 79.9. The molecule has 1 aromatic carbocycles. The van der Waals surface area contributed by atoms with Crippen LogP contribution in [0, 0.1) is 0 Å². The highest BCUT2D eigenvalue weighted by Gasteiger charge is 2.29. The second-order valence-electron chi connectivity index (χ2n) is 4.64. The van der Waals surface area contributed by atoms with Crippen LogP contribution in [0.5, 0.6) is 5.75 Å². The van der Waals surface area contributed by atoms with Crippen LogP contribution < -0.4 is 10.1 Å². The summed E-state index contributed by atoms with van der Waals surface area (Å²) in [5.74, 6) is -0.374. The fourth-order valence-corrected chi connectivity index (χ4v) is 2.36. The van der Waals surface area contributed by atoms with E-state index in [-0.39, 0.29) is 12.3 Å². The molecule has 1 heterocycles. The molecule has 1 aliphatic heterocycles. The lowest BCUT2D eigenvalue weighted by atomic mass is 10.2. The van der Waals surface area contributed by atoms with Crippen molar-refractivity contribution in [2.45, 2.75) is 6.92 Å². The van der Waals surface area contributed by atoms with Crippen molar-refractivity contribution in [3.8, 4) is 5.75 Å². The Kier molecular flexibility index (Phi) is 5.38. The monoisotopic (exact) mass is 382 g/mol. The van der Waals surface area contributed by atoms with Gasteiger partial charge in [0.2, 0.25) is 0 Å². The first-order chi connectivity index (χ1) is 10.9. The molecule has 0 aromatic heterocycles. The van der Waals surface area contributed by atoms with Crippen LogP contribution in [0.25, 0.3) is 6.08 Å². The normalized spacial score (nSPS) is 15.8. The number of nitrogens with one attached hydrogen (secondary N) is 1. The number of rotatable bonds is 5. The van der Waals surface area contributed by atoms with E-state index in [0.717, 1.165) is 4.90 Å². The molecule has 1 aliphatic rings. The second kappa shape index (κ2) is 7.28. The van der Waals surface area contributed by atoms with Gasteiger partial charge in [0.05, 0.1) is 11.1 Å². The number of nitrogens with zero attached hydrogens (tertiary/aromatic N) is 1. The van der Waals surface area contributed by atoms with Crippen molar-refractivity contribution in [1.29, 1.82) is 0 Å². The molecule has 1 aromatic rings. The van der Waals surface area contributed by atoms with Gasteiger partial charge in [-0.2, -0.15) is 0 Å². The van der Waals surface area contributed by atoms with E-state index < -0.39 is 17.9 Å². The lowest BCUT2D eigenvalue weighted by Gasteiger charge is -2.08. The third-order valence-electron chi connectivity index (χ3n) is 3.00. The minimum absolute atomic E-state index is 0.188. The van der Waals surface area contributed by atoms with Crippen LogP contribution in [-0.2, 0) is 14.3 Å². The molecule has 8 heteroatoms. The smallest absolute Gasteiger partial charge is 0.344 e. The van der Waals surface area contributed by atoms with E-state index in [1.165, 1.54) is 7.05 Å². The molecule has 23 heavy (non-hydrogen) atoms. The van der Waals surface area contributed by atoms with Crippen LogP contribution in [-0.4, -0.2) is 43.1 Å². The van der Waals surface area contributed by atoms with E-state index in [0.29, 0.717) is 22.4 Å². The summed E-state index contributed by atoms with van der Waals surface area (Å²) >= 11 is 3.34. The molecule has 0 unspecified atom stereocenters. The van der Waals surface area contributed by atoms with Gasteiger partial charge in [-0.1, -0.05) is 6.07 Å². The average Bonchev–Trinajstić information content (AvgIpc) is 2.74.